The SMILES string of the molecule is Nc1cnc(Cl)cc1C(=O)NCCc1ncon1. The highest BCUT2D eigenvalue weighted by Gasteiger charge is 2.10. The summed E-state index contributed by atoms with van der Waals surface area (Å²) in [6, 6.07) is 1.42. The van der Waals surface area contributed by atoms with Crippen molar-refractivity contribution in [3.63, 3.8) is 0 Å². The number of anilines is 1. The fourth-order valence-electron chi connectivity index (χ4n) is 1.32. The quantitative estimate of drug-likeness (QED) is 0.789. The van der Waals surface area contributed by atoms with Gasteiger partial charge in [0.05, 0.1) is 17.4 Å². The number of carbonyl (C=O) groups is 1. The van der Waals surface area contributed by atoms with Crippen LogP contribution in [-0.2, 0) is 6.42 Å². The van der Waals surface area contributed by atoms with Gasteiger partial charge in [0.15, 0.2) is 5.82 Å². The number of aromatic nitrogens is 3. The molecule has 0 aliphatic heterocycles. The largest absolute Gasteiger partial charge is 0.397 e. The first-order valence-corrected chi connectivity index (χ1v) is 5.49. The van der Waals surface area contributed by atoms with Crippen molar-refractivity contribution in [3.8, 4) is 0 Å². The third-order valence-electron chi connectivity index (χ3n) is 2.19. The van der Waals surface area contributed by atoms with Gasteiger partial charge in [-0.2, -0.15) is 4.98 Å². The first-order valence-electron chi connectivity index (χ1n) is 5.11. The molecule has 2 aromatic heterocycles. The average molecular weight is 268 g/mol. The number of nitrogens with zero attached hydrogens (tertiary/aromatic N) is 3. The Balaban J connectivity index is 1.93. The van der Waals surface area contributed by atoms with Crippen molar-refractivity contribution >= 4 is 23.2 Å². The summed E-state index contributed by atoms with van der Waals surface area (Å²) >= 11 is 5.70. The van der Waals surface area contributed by atoms with Crippen LogP contribution in [0.15, 0.2) is 23.2 Å². The topological polar surface area (TPSA) is 107 Å². The summed E-state index contributed by atoms with van der Waals surface area (Å²) in [4.78, 5) is 19.4. The zero-order valence-electron chi connectivity index (χ0n) is 9.26. The molecule has 0 saturated heterocycles. The van der Waals surface area contributed by atoms with E-state index in [1.54, 1.807) is 0 Å². The van der Waals surface area contributed by atoms with Crippen molar-refractivity contribution in [1.82, 2.24) is 20.4 Å². The molecule has 0 fully saturated rings. The molecule has 0 radical (unpaired) electrons. The third kappa shape index (κ3) is 2.95. The highest BCUT2D eigenvalue weighted by molar-refractivity contribution is 6.29. The summed E-state index contributed by atoms with van der Waals surface area (Å²) in [5.74, 6) is 0.205. The average Bonchev–Trinajstić information content (AvgIpc) is 2.85. The predicted octanol–water partition coefficient (Wildman–Crippen LogP) is 0.673. The Labute approximate surface area is 107 Å². The van der Waals surface area contributed by atoms with E-state index in [1.807, 2.05) is 0 Å². The molecule has 1 amide bonds. The van der Waals surface area contributed by atoms with Gasteiger partial charge in [0.25, 0.3) is 5.91 Å². The van der Waals surface area contributed by atoms with Crippen molar-refractivity contribution < 1.29 is 9.32 Å². The number of hydrogen-bond donors (Lipinski definition) is 2. The Morgan fingerprint density at radius 2 is 2.33 bits per heavy atom. The standard InChI is InChI=1S/C10H10ClN5O2/c11-8-3-6(7(12)4-14-8)10(17)13-2-1-9-15-5-18-16-9/h3-5H,1-2,12H2,(H,13,17). The molecule has 94 valence electrons. The van der Waals surface area contributed by atoms with Gasteiger partial charge in [-0.25, -0.2) is 4.98 Å². The van der Waals surface area contributed by atoms with Crippen molar-refractivity contribution in [2.24, 2.45) is 0 Å². The van der Waals surface area contributed by atoms with E-state index in [4.69, 9.17) is 17.3 Å². The fraction of sp³-hybridized carbons (Fsp3) is 0.200. The van der Waals surface area contributed by atoms with E-state index in [2.05, 4.69) is 25.0 Å². The number of halogens is 1. The molecule has 0 aliphatic rings. The Morgan fingerprint density at radius 1 is 1.50 bits per heavy atom. The van der Waals surface area contributed by atoms with Crippen LogP contribution in [0.1, 0.15) is 16.2 Å². The Morgan fingerprint density at radius 3 is 3.06 bits per heavy atom. The zero-order chi connectivity index (χ0) is 13.0. The maximum Gasteiger partial charge on any atom is 0.253 e. The Hall–Kier alpha value is -2.15. The van der Waals surface area contributed by atoms with Crippen LogP contribution in [0.5, 0.6) is 0 Å². The molecule has 3 N–H and O–H groups in total. The van der Waals surface area contributed by atoms with Crippen molar-refractivity contribution in [2.45, 2.75) is 6.42 Å². The summed E-state index contributed by atoms with van der Waals surface area (Å²) in [5.41, 5.74) is 6.20. The molecule has 0 aromatic carbocycles. The molecule has 2 rings (SSSR count). The van der Waals surface area contributed by atoms with E-state index < -0.39 is 0 Å². The fourth-order valence-corrected chi connectivity index (χ4v) is 1.48. The summed E-state index contributed by atoms with van der Waals surface area (Å²) in [5, 5.41) is 6.52. The van der Waals surface area contributed by atoms with Crippen LogP contribution in [0.4, 0.5) is 5.69 Å². The first kappa shape index (κ1) is 12.3. The third-order valence-corrected chi connectivity index (χ3v) is 2.39. The number of nitrogen functional groups attached to an aromatic ring is 1. The molecule has 0 atom stereocenters. The lowest BCUT2D eigenvalue weighted by Crippen LogP contribution is -2.26. The van der Waals surface area contributed by atoms with E-state index in [0.29, 0.717) is 24.4 Å². The molecular weight excluding hydrogens is 258 g/mol. The van der Waals surface area contributed by atoms with Crippen molar-refractivity contribution in [3.05, 3.63) is 35.2 Å². The lowest BCUT2D eigenvalue weighted by molar-refractivity contribution is 0.0954. The predicted molar refractivity (Wildman–Crippen MR) is 64.0 cm³/mol. The highest BCUT2D eigenvalue weighted by Crippen LogP contribution is 2.14. The van der Waals surface area contributed by atoms with Crippen LogP contribution in [0.2, 0.25) is 5.15 Å². The van der Waals surface area contributed by atoms with Gasteiger partial charge in [0, 0.05) is 13.0 Å². The Bertz CT molecular complexity index is 543. The highest BCUT2D eigenvalue weighted by atomic mass is 35.5. The molecule has 7 nitrogen and oxygen atoms in total. The van der Waals surface area contributed by atoms with E-state index in [-0.39, 0.29) is 16.7 Å². The zero-order valence-corrected chi connectivity index (χ0v) is 10.0. The maximum absolute atomic E-state index is 11.8. The van der Waals surface area contributed by atoms with Crippen molar-refractivity contribution in [2.75, 3.05) is 12.3 Å². The normalized spacial score (nSPS) is 10.3. The van der Waals surface area contributed by atoms with E-state index >= 15 is 0 Å². The summed E-state index contributed by atoms with van der Waals surface area (Å²) in [6.45, 7) is 0.373. The maximum atomic E-state index is 11.8. The van der Waals surface area contributed by atoms with Crippen LogP contribution in [0.25, 0.3) is 0 Å². The summed E-state index contributed by atoms with van der Waals surface area (Å²) in [7, 11) is 0. The van der Waals surface area contributed by atoms with Gasteiger partial charge in [-0.15, -0.1) is 0 Å². The molecule has 2 heterocycles. The summed E-state index contributed by atoms with van der Waals surface area (Å²) in [6.07, 6.45) is 3.05. The number of pyridine rings is 1. The van der Waals surface area contributed by atoms with Crippen LogP contribution in [-0.4, -0.2) is 27.6 Å². The first-order chi connectivity index (χ1) is 8.66. The van der Waals surface area contributed by atoms with Gasteiger partial charge in [0.1, 0.15) is 5.15 Å². The minimum absolute atomic E-state index is 0.215. The second-order valence-electron chi connectivity index (χ2n) is 3.45. The minimum Gasteiger partial charge on any atom is -0.397 e. The monoisotopic (exact) mass is 267 g/mol. The van der Waals surface area contributed by atoms with Crippen LogP contribution < -0.4 is 11.1 Å². The molecule has 0 aliphatic carbocycles. The van der Waals surface area contributed by atoms with Gasteiger partial charge < -0.3 is 15.6 Å². The number of nitrogens with one attached hydrogen (secondary N) is 1. The van der Waals surface area contributed by atoms with Gasteiger partial charge in [-0.3, -0.25) is 4.79 Å². The molecule has 8 heteroatoms. The van der Waals surface area contributed by atoms with Gasteiger partial charge in [-0.1, -0.05) is 16.8 Å². The molecule has 0 saturated carbocycles. The molecule has 0 unspecified atom stereocenters. The number of hydrogen-bond acceptors (Lipinski definition) is 6. The van der Waals surface area contributed by atoms with E-state index in [0.717, 1.165) is 0 Å². The Kier molecular flexibility index (Phi) is 3.73. The minimum atomic E-state index is -0.319. The van der Waals surface area contributed by atoms with Crippen LogP contribution in [0, 0.1) is 0 Å². The van der Waals surface area contributed by atoms with Gasteiger partial charge in [0.2, 0.25) is 6.39 Å². The number of rotatable bonds is 4. The number of carbonyl (C=O) groups excluding carboxylic acids is 1. The number of amides is 1. The molecule has 18 heavy (non-hydrogen) atoms. The molecule has 0 spiro atoms. The molecular formula is C10H10ClN5O2. The van der Waals surface area contributed by atoms with E-state index in [9.17, 15) is 4.79 Å². The van der Waals surface area contributed by atoms with Crippen molar-refractivity contribution in [1.29, 1.82) is 0 Å². The summed E-state index contributed by atoms with van der Waals surface area (Å²) < 4.78 is 4.57. The lowest BCUT2D eigenvalue weighted by atomic mass is 10.2. The van der Waals surface area contributed by atoms with Gasteiger partial charge >= 0.3 is 0 Å². The second-order valence-corrected chi connectivity index (χ2v) is 3.83. The second kappa shape index (κ2) is 5.46. The van der Waals surface area contributed by atoms with Gasteiger partial charge in [-0.05, 0) is 6.07 Å². The smallest absolute Gasteiger partial charge is 0.253 e. The molecule has 0 bridgehead atoms. The molecule has 2 aromatic rings. The number of nitrogens with two attached hydrogens (primary N) is 1. The lowest BCUT2D eigenvalue weighted by Gasteiger charge is -2.06. The van der Waals surface area contributed by atoms with E-state index in [1.165, 1.54) is 18.7 Å². The van der Waals surface area contributed by atoms with Crippen LogP contribution >= 0.6 is 11.6 Å². The van der Waals surface area contributed by atoms with Crippen LogP contribution in [0.3, 0.4) is 0 Å².